The second kappa shape index (κ2) is 4.85. The number of ketones is 1. The maximum absolute atomic E-state index is 12.6. The van der Waals surface area contributed by atoms with Crippen molar-refractivity contribution < 1.29 is 4.79 Å². The molecule has 0 spiro atoms. The average Bonchev–Trinajstić information content (AvgIpc) is 2.48. The van der Waals surface area contributed by atoms with Gasteiger partial charge in [0.25, 0.3) is 0 Å². The summed E-state index contributed by atoms with van der Waals surface area (Å²) in [5.41, 5.74) is 0.920. The summed E-state index contributed by atoms with van der Waals surface area (Å²) in [5.74, 6) is 3.13. The lowest BCUT2D eigenvalue weighted by atomic mass is 9.46. The van der Waals surface area contributed by atoms with Crippen LogP contribution in [0.4, 0.5) is 0 Å². The molecule has 1 nitrogen and oxygen atoms in total. The zero-order chi connectivity index (χ0) is 14.5. The van der Waals surface area contributed by atoms with E-state index in [0.717, 1.165) is 12.3 Å². The van der Waals surface area contributed by atoms with Gasteiger partial charge in [-0.05, 0) is 67.1 Å². The van der Waals surface area contributed by atoms with E-state index in [-0.39, 0.29) is 0 Å². The minimum atomic E-state index is 0.398. The number of fused-ring (bicyclic) bond motifs is 3. The van der Waals surface area contributed by atoms with Crippen molar-refractivity contribution >= 4 is 5.78 Å². The Balaban J connectivity index is 1.94. The van der Waals surface area contributed by atoms with Crippen LogP contribution in [0.2, 0.25) is 0 Å². The summed E-state index contributed by atoms with van der Waals surface area (Å²) in [4.78, 5) is 12.6. The lowest BCUT2D eigenvalue weighted by Crippen LogP contribution is -2.52. The van der Waals surface area contributed by atoms with Crippen molar-refractivity contribution in [1.82, 2.24) is 0 Å². The first-order chi connectivity index (χ1) is 9.34. The average molecular weight is 276 g/mol. The van der Waals surface area contributed by atoms with Gasteiger partial charge in [0.2, 0.25) is 0 Å². The normalized spacial score (nSPS) is 48.1. The fourth-order valence-corrected chi connectivity index (χ4v) is 6.31. The maximum Gasteiger partial charge on any atom is 0.136 e. The Kier molecular flexibility index (Phi) is 3.54. The van der Waals surface area contributed by atoms with Gasteiger partial charge in [0.1, 0.15) is 5.78 Å². The number of rotatable bonds is 0. The van der Waals surface area contributed by atoms with Crippen LogP contribution in [0.25, 0.3) is 0 Å². The fourth-order valence-electron chi connectivity index (χ4n) is 6.31. The predicted molar refractivity (Wildman–Crippen MR) is 83.5 cm³/mol. The molecular formula is C19H32O. The molecule has 3 saturated carbocycles. The van der Waals surface area contributed by atoms with Crippen molar-refractivity contribution in [2.45, 2.75) is 79.1 Å². The smallest absolute Gasteiger partial charge is 0.136 e. The van der Waals surface area contributed by atoms with E-state index in [0.29, 0.717) is 34.4 Å². The standard InChI is InChI=1S/C19H32O/c1-13-6-8-15-14(16(20)12-13)7-9-17-18(2,3)10-5-11-19(15,17)4/h13-15,17H,5-12H2,1-4H3. The SMILES string of the molecule is CC1CCC2C(CCC3C(C)(C)CCCC23C)C(=O)C1. The van der Waals surface area contributed by atoms with Gasteiger partial charge in [0, 0.05) is 12.3 Å². The highest BCUT2D eigenvalue weighted by Gasteiger charge is 2.55. The second-order valence-corrected chi connectivity index (χ2v) is 9.04. The monoisotopic (exact) mass is 276 g/mol. The van der Waals surface area contributed by atoms with Crippen LogP contribution >= 0.6 is 0 Å². The second-order valence-electron chi connectivity index (χ2n) is 9.04. The summed E-state index contributed by atoms with van der Waals surface area (Å²) >= 11 is 0. The molecule has 0 amide bonds. The Morgan fingerprint density at radius 1 is 1.00 bits per heavy atom. The first-order valence-corrected chi connectivity index (χ1v) is 8.87. The summed E-state index contributed by atoms with van der Waals surface area (Å²) in [6.07, 6.45) is 10.0. The van der Waals surface area contributed by atoms with Gasteiger partial charge in [-0.15, -0.1) is 0 Å². The fraction of sp³-hybridized carbons (Fsp3) is 0.947. The largest absolute Gasteiger partial charge is 0.299 e. The molecule has 3 fully saturated rings. The van der Waals surface area contributed by atoms with E-state index in [1.54, 1.807) is 0 Å². The predicted octanol–water partition coefficient (Wildman–Crippen LogP) is 5.23. The van der Waals surface area contributed by atoms with E-state index in [4.69, 9.17) is 0 Å². The Hall–Kier alpha value is -0.330. The molecule has 20 heavy (non-hydrogen) atoms. The van der Waals surface area contributed by atoms with Crippen molar-refractivity contribution in [2.75, 3.05) is 0 Å². The first kappa shape index (κ1) is 14.6. The molecule has 0 N–H and O–H groups in total. The van der Waals surface area contributed by atoms with E-state index in [2.05, 4.69) is 27.7 Å². The van der Waals surface area contributed by atoms with Crippen LogP contribution < -0.4 is 0 Å². The Labute approximate surface area is 124 Å². The molecule has 0 bridgehead atoms. The highest BCUT2D eigenvalue weighted by Crippen LogP contribution is 2.62. The first-order valence-electron chi connectivity index (χ1n) is 8.87. The zero-order valence-electron chi connectivity index (χ0n) is 13.9. The van der Waals surface area contributed by atoms with Crippen LogP contribution in [0.3, 0.4) is 0 Å². The van der Waals surface area contributed by atoms with Gasteiger partial charge in [-0.25, -0.2) is 0 Å². The van der Waals surface area contributed by atoms with Gasteiger partial charge in [0.05, 0.1) is 0 Å². The third-order valence-corrected chi connectivity index (χ3v) is 7.31. The Morgan fingerprint density at radius 2 is 1.75 bits per heavy atom. The van der Waals surface area contributed by atoms with Gasteiger partial charge in [0.15, 0.2) is 0 Å². The molecular weight excluding hydrogens is 244 g/mol. The van der Waals surface area contributed by atoms with Crippen LogP contribution in [0.1, 0.15) is 79.1 Å². The number of hydrogen-bond donors (Lipinski definition) is 0. The van der Waals surface area contributed by atoms with Gasteiger partial charge >= 0.3 is 0 Å². The molecule has 3 rings (SSSR count). The quantitative estimate of drug-likeness (QED) is 0.591. The molecule has 0 radical (unpaired) electrons. The summed E-state index contributed by atoms with van der Waals surface area (Å²) in [5, 5.41) is 0. The van der Waals surface area contributed by atoms with Crippen molar-refractivity contribution in [1.29, 1.82) is 0 Å². The van der Waals surface area contributed by atoms with E-state index in [1.165, 1.54) is 44.9 Å². The molecule has 3 aliphatic rings. The van der Waals surface area contributed by atoms with Crippen molar-refractivity contribution in [2.24, 2.45) is 34.5 Å². The van der Waals surface area contributed by atoms with Gasteiger partial charge in [-0.3, -0.25) is 4.79 Å². The molecule has 0 heterocycles. The molecule has 5 atom stereocenters. The number of carbonyl (C=O) groups excluding carboxylic acids is 1. The molecule has 5 unspecified atom stereocenters. The van der Waals surface area contributed by atoms with E-state index >= 15 is 0 Å². The van der Waals surface area contributed by atoms with Crippen LogP contribution in [-0.4, -0.2) is 5.78 Å². The summed E-state index contributed by atoms with van der Waals surface area (Å²) in [7, 11) is 0. The van der Waals surface area contributed by atoms with Gasteiger partial charge in [-0.2, -0.15) is 0 Å². The minimum Gasteiger partial charge on any atom is -0.299 e. The number of hydrogen-bond acceptors (Lipinski definition) is 1. The maximum atomic E-state index is 12.6. The van der Waals surface area contributed by atoms with Crippen LogP contribution in [-0.2, 0) is 4.79 Å². The zero-order valence-corrected chi connectivity index (χ0v) is 13.9. The van der Waals surface area contributed by atoms with Gasteiger partial charge < -0.3 is 0 Å². The molecule has 0 aliphatic heterocycles. The summed E-state index contributed by atoms with van der Waals surface area (Å²) in [6.45, 7) is 9.78. The summed E-state index contributed by atoms with van der Waals surface area (Å²) < 4.78 is 0. The molecule has 3 aliphatic carbocycles. The van der Waals surface area contributed by atoms with E-state index in [1.807, 2.05) is 0 Å². The highest BCUT2D eigenvalue weighted by molar-refractivity contribution is 5.82. The Bertz CT molecular complexity index is 397. The van der Waals surface area contributed by atoms with Gasteiger partial charge in [-0.1, -0.05) is 34.1 Å². The third-order valence-electron chi connectivity index (χ3n) is 7.31. The Morgan fingerprint density at radius 3 is 2.50 bits per heavy atom. The molecule has 1 heteroatoms. The minimum absolute atomic E-state index is 0.398. The van der Waals surface area contributed by atoms with Crippen LogP contribution in [0.15, 0.2) is 0 Å². The summed E-state index contributed by atoms with van der Waals surface area (Å²) in [6, 6.07) is 0. The van der Waals surface area contributed by atoms with E-state index < -0.39 is 0 Å². The van der Waals surface area contributed by atoms with E-state index in [9.17, 15) is 4.79 Å². The number of carbonyl (C=O) groups is 1. The molecule has 114 valence electrons. The molecule has 0 saturated heterocycles. The van der Waals surface area contributed by atoms with Crippen molar-refractivity contribution in [3.63, 3.8) is 0 Å². The van der Waals surface area contributed by atoms with Crippen molar-refractivity contribution in [3.05, 3.63) is 0 Å². The molecule has 0 aromatic heterocycles. The molecule has 0 aromatic rings. The molecule has 0 aromatic carbocycles. The third kappa shape index (κ3) is 2.16. The van der Waals surface area contributed by atoms with Crippen LogP contribution in [0, 0.1) is 34.5 Å². The highest BCUT2D eigenvalue weighted by atomic mass is 16.1. The lowest BCUT2D eigenvalue weighted by Gasteiger charge is -2.59. The topological polar surface area (TPSA) is 17.1 Å². The van der Waals surface area contributed by atoms with Crippen molar-refractivity contribution in [3.8, 4) is 0 Å². The number of Topliss-reactive ketones (excluding diaryl/α,β-unsaturated/α-hetero) is 1. The lowest BCUT2D eigenvalue weighted by molar-refractivity contribution is -0.138. The van der Waals surface area contributed by atoms with Crippen LogP contribution in [0.5, 0.6) is 0 Å².